The van der Waals surface area contributed by atoms with Gasteiger partial charge in [-0.15, -0.1) is 0 Å². The van der Waals surface area contributed by atoms with Crippen molar-refractivity contribution in [3.05, 3.63) is 24.3 Å². The molecular weight excluding hydrogens is 256 g/mol. The average molecular weight is 274 g/mol. The summed E-state index contributed by atoms with van der Waals surface area (Å²) in [5.74, 6) is 0. The summed E-state index contributed by atoms with van der Waals surface area (Å²) in [6.07, 6.45) is 1.91. The number of carbonyl (C=O) groups is 1. The number of rotatable bonds is 2. The zero-order chi connectivity index (χ0) is 13.6. The van der Waals surface area contributed by atoms with Crippen molar-refractivity contribution in [3.63, 3.8) is 0 Å². The van der Waals surface area contributed by atoms with E-state index in [9.17, 15) is 4.79 Å². The molecule has 0 atom stereocenters. The molecule has 3 aliphatic rings. The molecule has 5 heteroatoms. The van der Waals surface area contributed by atoms with E-state index in [0.717, 1.165) is 43.9 Å². The monoisotopic (exact) mass is 274 g/mol. The van der Waals surface area contributed by atoms with Gasteiger partial charge in [-0.05, 0) is 25.0 Å². The van der Waals surface area contributed by atoms with Crippen LogP contribution in [0.1, 0.15) is 12.8 Å². The first-order valence-corrected chi connectivity index (χ1v) is 7.20. The number of hydrogen-bond donors (Lipinski definition) is 0. The summed E-state index contributed by atoms with van der Waals surface area (Å²) < 4.78 is 10.6. The zero-order valence-corrected chi connectivity index (χ0v) is 11.4. The molecule has 4 rings (SSSR count). The third-order valence-corrected chi connectivity index (χ3v) is 4.50. The molecular formula is C15H18N2O3. The first-order chi connectivity index (χ1) is 9.77. The minimum atomic E-state index is -0.239. The van der Waals surface area contributed by atoms with Crippen LogP contribution in [0.5, 0.6) is 0 Å². The van der Waals surface area contributed by atoms with Crippen molar-refractivity contribution in [2.45, 2.75) is 18.4 Å². The number of epoxide rings is 1. The van der Waals surface area contributed by atoms with Gasteiger partial charge in [0, 0.05) is 13.1 Å². The molecule has 1 aromatic rings. The van der Waals surface area contributed by atoms with Crippen LogP contribution >= 0.6 is 0 Å². The predicted octanol–water partition coefficient (Wildman–Crippen LogP) is 2.01. The van der Waals surface area contributed by atoms with E-state index in [1.165, 1.54) is 0 Å². The molecule has 3 saturated heterocycles. The first kappa shape index (κ1) is 12.0. The number of cyclic esters (lactones) is 1. The molecule has 5 nitrogen and oxygen atoms in total. The zero-order valence-electron chi connectivity index (χ0n) is 11.4. The van der Waals surface area contributed by atoms with Crippen molar-refractivity contribution in [2.75, 3.05) is 42.6 Å². The highest BCUT2D eigenvalue weighted by atomic mass is 16.6. The molecule has 3 heterocycles. The van der Waals surface area contributed by atoms with E-state index in [1.807, 2.05) is 18.2 Å². The standard InChI is InChI=1S/C15H18N2O3/c18-14-17(9-10-19-14)13-4-2-1-3-12(13)16-7-5-15(6-8-16)11-20-15/h1-4H,5-11H2. The summed E-state index contributed by atoms with van der Waals surface area (Å²) in [5, 5.41) is 0. The Balaban J connectivity index is 1.59. The molecule has 3 aliphatic heterocycles. The Hall–Kier alpha value is -1.75. The van der Waals surface area contributed by atoms with Crippen LogP contribution in [0.4, 0.5) is 16.2 Å². The summed E-state index contributed by atoms with van der Waals surface area (Å²) >= 11 is 0. The predicted molar refractivity (Wildman–Crippen MR) is 75.3 cm³/mol. The van der Waals surface area contributed by atoms with Gasteiger partial charge in [0.05, 0.1) is 30.1 Å². The molecule has 106 valence electrons. The normalized spacial score (nSPS) is 24.1. The Kier molecular flexibility index (Phi) is 2.63. The fourth-order valence-electron chi connectivity index (χ4n) is 3.12. The molecule has 20 heavy (non-hydrogen) atoms. The highest BCUT2D eigenvalue weighted by molar-refractivity contribution is 5.93. The number of ether oxygens (including phenoxy) is 2. The van der Waals surface area contributed by atoms with Crippen molar-refractivity contribution in [3.8, 4) is 0 Å². The minimum absolute atomic E-state index is 0.179. The summed E-state index contributed by atoms with van der Waals surface area (Å²) in [6.45, 7) is 4.00. The summed E-state index contributed by atoms with van der Waals surface area (Å²) in [4.78, 5) is 15.9. The van der Waals surface area contributed by atoms with Crippen LogP contribution in [0.2, 0.25) is 0 Å². The lowest BCUT2D eigenvalue weighted by Gasteiger charge is -2.34. The number of carbonyl (C=O) groups excluding carboxylic acids is 1. The van der Waals surface area contributed by atoms with Crippen LogP contribution in [0.3, 0.4) is 0 Å². The third kappa shape index (κ3) is 1.93. The molecule has 0 bridgehead atoms. The fourth-order valence-corrected chi connectivity index (χ4v) is 3.12. The van der Waals surface area contributed by atoms with E-state index >= 15 is 0 Å². The second-order valence-electron chi connectivity index (χ2n) is 5.71. The van der Waals surface area contributed by atoms with Gasteiger partial charge in [-0.25, -0.2) is 4.79 Å². The van der Waals surface area contributed by atoms with Gasteiger partial charge < -0.3 is 14.4 Å². The maximum Gasteiger partial charge on any atom is 0.414 e. The van der Waals surface area contributed by atoms with Crippen molar-refractivity contribution in [1.29, 1.82) is 0 Å². The Morgan fingerprint density at radius 3 is 2.35 bits per heavy atom. The number of nitrogens with zero attached hydrogens (tertiary/aromatic N) is 2. The van der Waals surface area contributed by atoms with E-state index in [2.05, 4.69) is 11.0 Å². The maximum absolute atomic E-state index is 11.8. The summed E-state index contributed by atoms with van der Waals surface area (Å²) in [5.41, 5.74) is 2.27. The number of anilines is 2. The molecule has 1 amide bonds. The Bertz CT molecular complexity index is 532. The number of amides is 1. The topological polar surface area (TPSA) is 45.3 Å². The smallest absolute Gasteiger partial charge is 0.414 e. The van der Waals surface area contributed by atoms with Crippen molar-refractivity contribution >= 4 is 17.5 Å². The maximum atomic E-state index is 11.8. The summed E-state index contributed by atoms with van der Waals surface area (Å²) in [7, 11) is 0. The lowest BCUT2D eigenvalue weighted by atomic mass is 9.97. The molecule has 3 fully saturated rings. The van der Waals surface area contributed by atoms with E-state index in [1.54, 1.807) is 4.90 Å². The van der Waals surface area contributed by atoms with E-state index in [-0.39, 0.29) is 11.7 Å². The van der Waals surface area contributed by atoms with E-state index < -0.39 is 0 Å². The lowest BCUT2D eigenvalue weighted by Crippen LogP contribution is -2.38. The highest BCUT2D eigenvalue weighted by Gasteiger charge is 2.46. The second kappa shape index (κ2) is 4.38. The number of benzene rings is 1. The highest BCUT2D eigenvalue weighted by Crippen LogP contribution is 2.41. The molecule has 0 aromatic heterocycles. The molecule has 1 aromatic carbocycles. The van der Waals surface area contributed by atoms with Gasteiger partial charge in [-0.1, -0.05) is 12.1 Å². The van der Waals surface area contributed by atoms with Crippen molar-refractivity contribution in [2.24, 2.45) is 0 Å². The number of hydrogen-bond acceptors (Lipinski definition) is 4. The molecule has 0 aliphatic carbocycles. The second-order valence-corrected chi connectivity index (χ2v) is 5.71. The van der Waals surface area contributed by atoms with Gasteiger partial charge in [0.15, 0.2) is 0 Å². The van der Waals surface area contributed by atoms with Crippen molar-refractivity contribution < 1.29 is 14.3 Å². The van der Waals surface area contributed by atoms with Crippen LogP contribution in [0.15, 0.2) is 24.3 Å². The lowest BCUT2D eigenvalue weighted by molar-refractivity contribution is 0.181. The van der Waals surface area contributed by atoms with Gasteiger partial charge in [-0.3, -0.25) is 4.90 Å². The van der Waals surface area contributed by atoms with Crippen LogP contribution in [0, 0.1) is 0 Å². The number of piperidine rings is 1. The fraction of sp³-hybridized carbons (Fsp3) is 0.533. The quantitative estimate of drug-likeness (QED) is 0.774. The van der Waals surface area contributed by atoms with Gasteiger partial charge in [0.25, 0.3) is 0 Å². The Morgan fingerprint density at radius 2 is 1.75 bits per heavy atom. The Labute approximate surface area is 118 Å². The van der Waals surface area contributed by atoms with Crippen LogP contribution in [-0.4, -0.2) is 44.5 Å². The van der Waals surface area contributed by atoms with Crippen LogP contribution in [0.25, 0.3) is 0 Å². The van der Waals surface area contributed by atoms with Gasteiger partial charge in [0.1, 0.15) is 6.61 Å². The van der Waals surface area contributed by atoms with Crippen molar-refractivity contribution in [1.82, 2.24) is 0 Å². The van der Waals surface area contributed by atoms with Gasteiger partial charge in [0.2, 0.25) is 0 Å². The molecule has 0 N–H and O–H groups in total. The van der Waals surface area contributed by atoms with Crippen LogP contribution in [-0.2, 0) is 9.47 Å². The molecule has 0 saturated carbocycles. The number of para-hydroxylation sites is 2. The summed E-state index contributed by atoms with van der Waals surface area (Å²) in [6, 6.07) is 8.09. The molecule has 1 spiro atoms. The average Bonchev–Trinajstić information content (AvgIpc) is 3.10. The van der Waals surface area contributed by atoms with Crippen LogP contribution < -0.4 is 9.80 Å². The first-order valence-electron chi connectivity index (χ1n) is 7.20. The SMILES string of the molecule is O=C1OCCN1c1ccccc1N1CCC2(CC1)CO2. The molecule has 0 radical (unpaired) electrons. The van der Waals surface area contributed by atoms with Gasteiger partial charge in [-0.2, -0.15) is 0 Å². The third-order valence-electron chi connectivity index (χ3n) is 4.50. The van der Waals surface area contributed by atoms with E-state index in [4.69, 9.17) is 9.47 Å². The van der Waals surface area contributed by atoms with E-state index in [0.29, 0.717) is 13.2 Å². The van der Waals surface area contributed by atoms with Gasteiger partial charge >= 0.3 is 6.09 Å². The largest absolute Gasteiger partial charge is 0.447 e. The molecule has 0 unspecified atom stereocenters. The minimum Gasteiger partial charge on any atom is -0.447 e. The Morgan fingerprint density at radius 1 is 1.05 bits per heavy atom.